The fraction of sp³-hybridized carbons (Fsp3) is 0.167. The number of nitrogen functional groups attached to an aromatic ring is 1. The lowest BCUT2D eigenvalue weighted by Crippen LogP contribution is -2.04. The zero-order chi connectivity index (χ0) is 12.3. The number of anilines is 1. The van der Waals surface area contributed by atoms with Crippen molar-refractivity contribution in [3.8, 4) is 0 Å². The summed E-state index contributed by atoms with van der Waals surface area (Å²) >= 11 is 7.52. The van der Waals surface area contributed by atoms with Crippen molar-refractivity contribution < 1.29 is 4.21 Å². The number of rotatable bonds is 4. The van der Waals surface area contributed by atoms with Gasteiger partial charge in [0.05, 0.1) is 15.7 Å². The van der Waals surface area contributed by atoms with Crippen LogP contribution in [0.5, 0.6) is 0 Å². The topological polar surface area (TPSA) is 43.1 Å². The van der Waals surface area contributed by atoms with Gasteiger partial charge >= 0.3 is 0 Å². The second kappa shape index (κ2) is 5.67. The molecule has 0 spiro atoms. The van der Waals surface area contributed by atoms with Crippen molar-refractivity contribution in [2.75, 3.05) is 11.5 Å². The average Bonchev–Trinajstić information content (AvgIpc) is 2.82. The first-order valence-electron chi connectivity index (χ1n) is 5.11. The summed E-state index contributed by atoms with van der Waals surface area (Å²) in [5.74, 6) is 0.571. The van der Waals surface area contributed by atoms with Crippen LogP contribution in [0.1, 0.15) is 5.56 Å². The minimum Gasteiger partial charge on any atom is -0.398 e. The Morgan fingerprint density at radius 1 is 1.35 bits per heavy atom. The summed E-state index contributed by atoms with van der Waals surface area (Å²) in [7, 11) is -1.09. The Kier molecular flexibility index (Phi) is 4.20. The molecule has 2 aromatic rings. The highest BCUT2D eigenvalue weighted by Gasteiger charge is 2.09. The third-order valence-corrected chi connectivity index (χ3v) is 4.76. The van der Waals surface area contributed by atoms with Crippen molar-refractivity contribution in [2.45, 2.75) is 11.3 Å². The van der Waals surface area contributed by atoms with Gasteiger partial charge in [0.2, 0.25) is 0 Å². The molecule has 1 atom stereocenters. The van der Waals surface area contributed by atoms with Gasteiger partial charge < -0.3 is 5.73 Å². The fourth-order valence-corrected chi connectivity index (χ4v) is 3.63. The highest BCUT2D eigenvalue weighted by molar-refractivity contribution is 7.85. The second-order valence-electron chi connectivity index (χ2n) is 3.61. The summed E-state index contributed by atoms with van der Waals surface area (Å²) in [6, 6.07) is 7.13. The van der Waals surface area contributed by atoms with Crippen LogP contribution in [-0.2, 0) is 17.2 Å². The minimum atomic E-state index is -1.09. The number of thiophene rings is 1. The molecule has 0 bridgehead atoms. The fourth-order valence-electron chi connectivity index (χ4n) is 1.46. The quantitative estimate of drug-likeness (QED) is 0.876. The maximum Gasteiger partial charge on any atom is 0.0632 e. The van der Waals surface area contributed by atoms with Gasteiger partial charge in [-0.1, -0.05) is 11.6 Å². The Morgan fingerprint density at radius 3 is 2.88 bits per heavy atom. The van der Waals surface area contributed by atoms with Gasteiger partial charge in [0, 0.05) is 16.5 Å². The molecule has 0 amide bonds. The number of hydrogen-bond donors (Lipinski definition) is 1. The molecule has 2 rings (SSSR count). The van der Waals surface area contributed by atoms with Crippen molar-refractivity contribution in [2.24, 2.45) is 0 Å². The van der Waals surface area contributed by atoms with E-state index < -0.39 is 10.8 Å². The van der Waals surface area contributed by atoms with Crippen molar-refractivity contribution >= 4 is 39.4 Å². The SMILES string of the molecule is Nc1ccc(Cl)cc1S(=O)CCc1ccsc1. The molecule has 2 nitrogen and oxygen atoms in total. The average molecular weight is 286 g/mol. The molecule has 0 fully saturated rings. The summed E-state index contributed by atoms with van der Waals surface area (Å²) in [6.07, 6.45) is 0.794. The monoisotopic (exact) mass is 285 g/mol. The zero-order valence-electron chi connectivity index (χ0n) is 9.06. The molecule has 1 aromatic carbocycles. The number of nitrogens with two attached hydrogens (primary N) is 1. The normalized spacial score (nSPS) is 12.5. The zero-order valence-corrected chi connectivity index (χ0v) is 11.4. The van der Waals surface area contributed by atoms with Crippen LogP contribution in [-0.4, -0.2) is 9.96 Å². The number of aryl methyl sites for hydroxylation is 1. The van der Waals surface area contributed by atoms with E-state index in [0.29, 0.717) is 21.4 Å². The van der Waals surface area contributed by atoms with Gasteiger partial charge in [-0.15, -0.1) is 0 Å². The summed E-state index contributed by atoms with van der Waals surface area (Å²) < 4.78 is 12.1. The van der Waals surface area contributed by atoms with E-state index in [2.05, 4.69) is 5.38 Å². The number of halogens is 1. The van der Waals surface area contributed by atoms with Gasteiger partial charge in [0.25, 0.3) is 0 Å². The van der Waals surface area contributed by atoms with Crippen molar-refractivity contribution in [3.63, 3.8) is 0 Å². The van der Waals surface area contributed by atoms with Crippen molar-refractivity contribution in [1.82, 2.24) is 0 Å². The van der Waals surface area contributed by atoms with E-state index >= 15 is 0 Å². The Hall–Kier alpha value is -0.840. The lowest BCUT2D eigenvalue weighted by atomic mass is 10.3. The van der Waals surface area contributed by atoms with E-state index in [0.717, 1.165) is 6.42 Å². The van der Waals surface area contributed by atoms with Gasteiger partial charge in [-0.2, -0.15) is 11.3 Å². The first kappa shape index (κ1) is 12.6. The van der Waals surface area contributed by atoms with Crippen LogP contribution in [0.2, 0.25) is 5.02 Å². The number of hydrogen-bond acceptors (Lipinski definition) is 3. The Bertz CT molecular complexity index is 525. The summed E-state index contributed by atoms with van der Waals surface area (Å²) in [6.45, 7) is 0. The van der Waals surface area contributed by atoms with Crippen molar-refractivity contribution in [3.05, 3.63) is 45.6 Å². The molecule has 90 valence electrons. The standard InChI is InChI=1S/C12H12ClNOS2/c13-10-1-2-11(14)12(7-10)17(15)6-4-9-3-5-16-8-9/h1-3,5,7-8H,4,6,14H2. The van der Waals surface area contributed by atoms with Gasteiger partial charge in [0.1, 0.15) is 0 Å². The van der Waals surface area contributed by atoms with E-state index in [1.54, 1.807) is 29.5 Å². The first-order valence-corrected chi connectivity index (χ1v) is 7.75. The van der Waals surface area contributed by atoms with E-state index in [9.17, 15) is 4.21 Å². The first-order chi connectivity index (χ1) is 8.16. The molecule has 1 unspecified atom stereocenters. The second-order valence-corrected chi connectivity index (χ2v) is 6.37. The predicted molar refractivity (Wildman–Crippen MR) is 75.2 cm³/mol. The third kappa shape index (κ3) is 3.31. The van der Waals surface area contributed by atoms with Crippen molar-refractivity contribution in [1.29, 1.82) is 0 Å². The minimum absolute atomic E-state index is 0.540. The molecule has 0 saturated heterocycles. The van der Waals surface area contributed by atoms with Gasteiger partial charge in [0.15, 0.2) is 0 Å². The molecular weight excluding hydrogens is 274 g/mol. The smallest absolute Gasteiger partial charge is 0.0632 e. The van der Waals surface area contributed by atoms with Crippen LogP contribution in [0.4, 0.5) is 5.69 Å². The van der Waals surface area contributed by atoms with Gasteiger partial charge in [-0.3, -0.25) is 4.21 Å². The molecule has 1 heterocycles. The number of benzene rings is 1. The maximum absolute atomic E-state index is 12.1. The van der Waals surface area contributed by atoms with Crippen LogP contribution < -0.4 is 5.73 Å². The van der Waals surface area contributed by atoms with Gasteiger partial charge in [-0.05, 0) is 47.0 Å². The molecule has 2 N–H and O–H groups in total. The Morgan fingerprint density at radius 2 is 2.18 bits per heavy atom. The maximum atomic E-state index is 12.1. The van der Waals surface area contributed by atoms with Crippen LogP contribution >= 0.6 is 22.9 Å². The van der Waals surface area contributed by atoms with Gasteiger partial charge in [-0.25, -0.2) is 0 Å². The molecule has 0 aliphatic rings. The summed E-state index contributed by atoms with van der Waals surface area (Å²) in [5, 5.41) is 4.66. The third-order valence-electron chi connectivity index (χ3n) is 2.38. The molecule has 0 aliphatic heterocycles. The molecule has 0 saturated carbocycles. The molecule has 17 heavy (non-hydrogen) atoms. The van der Waals surface area contributed by atoms with Crippen LogP contribution in [0.3, 0.4) is 0 Å². The Labute approximate surface area is 112 Å². The van der Waals surface area contributed by atoms with Crippen LogP contribution in [0, 0.1) is 0 Å². The molecular formula is C12H12ClNOS2. The predicted octanol–water partition coefficient (Wildman–Crippen LogP) is 3.33. The van der Waals surface area contributed by atoms with E-state index in [4.69, 9.17) is 17.3 Å². The Balaban J connectivity index is 2.07. The highest BCUT2D eigenvalue weighted by atomic mass is 35.5. The van der Waals surface area contributed by atoms with Crippen LogP contribution in [0.25, 0.3) is 0 Å². The lowest BCUT2D eigenvalue weighted by molar-refractivity contribution is 0.682. The summed E-state index contributed by atoms with van der Waals surface area (Å²) in [5.41, 5.74) is 7.54. The van der Waals surface area contributed by atoms with E-state index in [-0.39, 0.29) is 0 Å². The highest BCUT2D eigenvalue weighted by Crippen LogP contribution is 2.22. The van der Waals surface area contributed by atoms with Crippen LogP contribution in [0.15, 0.2) is 39.9 Å². The van der Waals surface area contributed by atoms with E-state index in [1.165, 1.54) is 5.56 Å². The molecule has 1 aromatic heterocycles. The molecule has 5 heteroatoms. The largest absolute Gasteiger partial charge is 0.398 e. The lowest BCUT2D eigenvalue weighted by Gasteiger charge is -2.05. The summed E-state index contributed by atoms with van der Waals surface area (Å²) in [4.78, 5) is 0.632. The van der Waals surface area contributed by atoms with E-state index in [1.807, 2.05) is 11.4 Å². The molecule has 0 aliphatic carbocycles. The molecule has 0 radical (unpaired) electrons.